The Kier molecular flexibility index (Phi) is 5.90. The second-order valence-corrected chi connectivity index (χ2v) is 12.7. The van der Waals surface area contributed by atoms with Gasteiger partial charge in [0.25, 0.3) is 6.71 Å². The van der Waals surface area contributed by atoms with Crippen molar-refractivity contribution in [3.05, 3.63) is 120 Å². The topological polar surface area (TPSA) is 9.72 Å². The first-order chi connectivity index (χ1) is 22.4. The summed E-state index contributed by atoms with van der Waals surface area (Å²) in [5.74, 6) is -9.45. The molecule has 0 saturated heterocycles. The molecular weight excluding hydrogens is 592 g/mol. The molecule has 9 heteroatoms. The summed E-state index contributed by atoms with van der Waals surface area (Å²) in [4.78, 5) is 5.78. The summed E-state index contributed by atoms with van der Waals surface area (Å²) in [6, 6.07) is 27.5. The molecule has 0 radical (unpaired) electrons. The number of likely N-dealkylation sites (N-methyl/N-ethyl adjacent to an activating group) is 1. The number of benzene rings is 5. The lowest BCUT2D eigenvalue weighted by molar-refractivity contribution is 0.380. The third-order valence-electron chi connectivity index (χ3n) is 10.5. The molecule has 5 aromatic carbocycles. The Labute approximate surface area is 263 Å². The van der Waals surface area contributed by atoms with E-state index in [0.717, 1.165) is 46.3 Å². The van der Waals surface area contributed by atoms with Gasteiger partial charge in [0.1, 0.15) is 5.69 Å². The first-order valence-electron chi connectivity index (χ1n) is 15.7. The van der Waals surface area contributed by atoms with E-state index in [0.29, 0.717) is 23.3 Å². The van der Waals surface area contributed by atoms with Crippen LogP contribution in [-0.4, -0.2) is 19.8 Å². The monoisotopic (exact) mass is 619 g/mol. The van der Waals surface area contributed by atoms with Crippen molar-refractivity contribution < 1.29 is 22.0 Å². The molecule has 0 spiro atoms. The van der Waals surface area contributed by atoms with Crippen LogP contribution in [0.1, 0.15) is 37.2 Å². The summed E-state index contributed by atoms with van der Waals surface area (Å²) < 4.78 is 74.9. The molecule has 4 aliphatic rings. The minimum atomic E-state index is -2.18. The van der Waals surface area contributed by atoms with Gasteiger partial charge in [-0.1, -0.05) is 55.3 Å². The molecule has 0 aromatic heterocycles. The average Bonchev–Trinajstić information content (AvgIpc) is 3.37. The maximum Gasteiger partial charge on any atom is 0.252 e. The van der Waals surface area contributed by atoms with Crippen LogP contribution in [0.25, 0.3) is 0 Å². The molecule has 3 aliphatic heterocycles. The molecule has 2 atom stereocenters. The van der Waals surface area contributed by atoms with Crippen LogP contribution < -0.4 is 31.1 Å². The van der Waals surface area contributed by atoms with E-state index in [1.807, 2.05) is 48.5 Å². The lowest BCUT2D eigenvalue weighted by atomic mass is 9.33. The van der Waals surface area contributed by atoms with Crippen LogP contribution in [0.3, 0.4) is 0 Å². The highest BCUT2D eigenvalue weighted by molar-refractivity contribution is 7.00. The molecular formula is C37H27BF5N3. The first-order valence-corrected chi connectivity index (χ1v) is 15.7. The van der Waals surface area contributed by atoms with E-state index in [-0.39, 0.29) is 6.71 Å². The zero-order valence-electron chi connectivity index (χ0n) is 24.9. The highest BCUT2D eigenvalue weighted by Crippen LogP contribution is 2.51. The molecule has 0 bridgehead atoms. The minimum absolute atomic E-state index is 0.351. The van der Waals surface area contributed by atoms with Gasteiger partial charge in [0.15, 0.2) is 23.3 Å². The van der Waals surface area contributed by atoms with E-state index in [2.05, 4.69) is 29.0 Å². The van der Waals surface area contributed by atoms with E-state index < -0.39 is 34.8 Å². The number of hydrogen-bond donors (Lipinski definition) is 0. The summed E-state index contributed by atoms with van der Waals surface area (Å²) in [5.41, 5.74) is 7.45. The van der Waals surface area contributed by atoms with E-state index in [4.69, 9.17) is 0 Å². The molecule has 228 valence electrons. The fourth-order valence-corrected chi connectivity index (χ4v) is 8.54. The summed E-state index contributed by atoms with van der Waals surface area (Å²) in [6.07, 6.45) is 4.67. The summed E-state index contributed by atoms with van der Waals surface area (Å²) in [5, 5.41) is 0. The first kappa shape index (κ1) is 27.5. The summed E-state index contributed by atoms with van der Waals surface area (Å²) in [6.45, 7) is -0.351. The van der Waals surface area contributed by atoms with Gasteiger partial charge in [0, 0.05) is 53.1 Å². The largest absolute Gasteiger partial charge is 0.371 e. The summed E-state index contributed by atoms with van der Waals surface area (Å²) >= 11 is 0. The van der Waals surface area contributed by atoms with Crippen molar-refractivity contribution in [2.45, 2.75) is 37.6 Å². The van der Waals surface area contributed by atoms with Gasteiger partial charge in [-0.15, -0.1) is 0 Å². The second kappa shape index (κ2) is 9.86. The molecule has 0 amide bonds. The van der Waals surface area contributed by atoms with Gasteiger partial charge in [-0.05, 0) is 77.3 Å². The SMILES string of the molecule is CN1c2cc3c(cc2C2CCCCC21)N(c1ccccc1)c1cccc2c1B3c1ccccc1N2c1c(F)c(F)c(F)c(F)c1F. The molecule has 1 saturated carbocycles. The van der Waals surface area contributed by atoms with Gasteiger partial charge in [-0.2, -0.15) is 0 Å². The zero-order valence-corrected chi connectivity index (χ0v) is 24.9. The standard InChI is InChI=1S/C37H27BF5N3/c1-44-25-14-7-5-12-21(25)22-18-30-24(19-29(22)44)38-23-13-6-8-15-26(23)46(37-35(42)33(40)32(39)34(41)36(37)43)28-17-9-16-27(31(28)38)45(30)20-10-3-2-4-11-20/h2-4,6,8-11,13,15-19,21,25H,5,7,12,14H2,1H3. The molecule has 46 heavy (non-hydrogen) atoms. The van der Waals surface area contributed by atoms with Crippen molar-refractivity contribution in [1.82, 2.24) is 0 Å². The van der Waals surface area contributed by atoms with Crippen LogP contribution in [-0.2, 0) is 0 Å². The fourth-order valence-electron chi connectivity index (χ4n) is 8.54. The Bertz CT molecular complexity index is 2060. The van der Waals surface area contributed by atoms with Crippen LogP contribution in [0.4, 0.5) is 61.8 Å². The van der Waals surface area contributed by atoms with Gasteiger partial charge in [-0.3, -0.25) is 0 Å². The van der Waals surface area contributed by atoms with Crippen LogP contribution in [0.15, 0.2) is 84.9 Å². The van der Waals surface area contributed by atoms with Crippen molar-refractivity contribution >= 4 is 62.9 Å². The lowest BCUT2D eigenvalue weighted by Gasteiger charge is -2.44. The molecule has 0 N–H and O–H groups in total. The number of nitrogens with zero attached hydrogens (tertiary/aromatic N) is 3. The number of rotatable bonds is 2. The number of fused-ring (bicyclic) bond motifs is 7. The Morgan fingerprint density at radius 3 is 1.98 bits per heavy atom. The van der Waals surface area contributed by atoms with Gasteiger partial charge in [0.05, 0.1) is 0 Å². The van der Waals surface area contributed by atoms with Crippen molar-refractivity contribution in [1.29, 1.82) is 0 Å². The van der Waals surface area contributed by atoms with E-state index in [9.17, 15) is 13.2 Å². The molecule has 1 fully saturated rings. The number of anilines is 7. The minimum Gasteiger partial charge on any atom is -0.371 e. The Morgan fingerprint density at radius 2 is 1.22 bits per heavy atom. The molecule has 9 rings (SSSR count). The van der Waals surface area contributed by atoms with Crippen molar-refractivity contribution in [2.75, 3.05) is 21.7 Å². The van der Waals surface area contributed by atoms with E-state index in [1.165, 1.54) is 29.0 Å². The number of halogens is 5. The van der Waals surface area contributed by atoms with Crippen LogP contribution >= 0.6 is 0 Å². The van der Waals surface area contributed by atoms with Crippen LogP contribution in [0.5, 0.6) is 0 Å². The van der Waals surface area contributed by atoms with Crippen LogP contribution in [0, 0.1) is 29.1 Å². The maximum absolute atomic E-state index is 15.6. The molecule has 3 heterocycles. The van der Waals surface area contributed by atoms with Crippen molar-refractivity contribution in [3.63, 3.8) is 0 Å². The third kappa shape index (κ3) is 3.54. The third-order valence-corrected chi connectivity index (χ3v) is 10.5. The summed E-state index contributed by atoms with van der Waals surface area (Å²) in [7, 11) is 2.16. The molecule has 5 aromatic rings. The highest BCUT2D eigenvalue weighted by atomic mass is 19.2. The molecule has 3 nitrogen and oxygen atoms in total. The maximum atomic E-state index is 15.6. The Balaban J connectivity index is 1.37. The van der Waals surface area contributed by atoms with Gasteiger partial charge in [-0.25, -0.2) is 22.0 Å². The Hall–Kier alpha value is -4.79. The number of para-hydroxylation sites is 2. The lowest BCUT2D eigenvalue weighted by Crippen LogP contribution is -2.61. The highest BCUT2D eigenvalue weighted by Gasteiger charge is 2.47. The fraction of sp³-hybridized carbons (Fsp3) is 0.189. The normalized spacial score (nSPS) is 19.0. The predicted octanol–water partition coefficient (Wildman–Crippen LogP) is 7.94. The quantitative estimate of drug-likeness (QED) is 0.0843. The molecule has 2 unspecified atom stereocenters. The van der Waals surface area contributed by atoms with Gasteiger partial charge in [0.2, 0.25) is 5.82 Å². The average molecular weight is 619 g/mol. The van der Waals surface area contributed by atoms with Crippen molar-refractivity contribution in [3.8, 4) is 0 Å². The molecule has 1 aliphatic carbocycles. The number of hydrogen-bond acceptors (Lipinski definition) is 3. The smallest absolute Gasteiger partial charge is 0.252 e. The van der Waals surface area contributed by atoms with Gasteiger partial charge >= 0.3 is 0 Å². The van der Waals surface area contributed by atoms with Crippen LogP contribution in [0.2, 0.25) is 0 Å². The Morgan fingerprint density at radius 1 is 0.587 bits per heavy atom. The van der Waals surface area contributed by atoms with Crippen molar-refractivity contribution in [2.24, 2.45) is 0 Å². The van der Waals surface area contributed by atoms with E-state index >= 15 is 8.78 Å². The van der Waals surface area contributed by atoms with E-state index in [1.54, 1.807) is 24.3 Å². The zero-order chi connectivity index (χ0) is 31.4. The second-order valence-electron chi connectivity index (χ2n) is 12.7. The van der Waals surface area contributed by atoms with Gasteiger partial charge < -0.3 is 14.7 Å². The predicted molar refractivity (Wildman–Crippen MR) is 174 cm³/mol.